The van der Waals surface area contributed by atoms with Gasteiger partial charge in [-0.2, -0.15) is 12.7 Å². The van der Waals surface area contributed by atoms with Crippen LogP contribution in [-0.2, 0) is 19.8 Å². The van der Waals surface area contributed by atoms with Crippen LogP contribution in [0.15, 0.2) is 42.5 Å². The van der Waals surface area contributed by atoms with E-state index in [0.717, 1.165) is 29.5 Å². The van der Waals surface area contributed by atoms with Crippen molar-refractivity contribution >= 4 is 16.2 Å². The lowest BCUT2D eigenvalue weighted by Crippen LogP contribution is -2.42. The van der Waals surface area contributed by atoms with Gasteiger partial charge in [0.25, 0.3) is 5.91 Å². The summed E-state index contributed by atoms with van der Waals surface area (Å²) in [6, 6.07) is 12.5. The molecule has 2 unspecified atom stereocenters. The summed E-state index contributed by atoms with van der Waals surface area (Å²) in [5.41, 5.74) is 2.90. The van der Waals surface area contributed by atoms with Crippen LogP contribution in [0, 0.1) is 6.92 Å². The number of carbonyl (C=O) groups excluding carboxylic acids is 1. The smallest absolute Gasteiger partial charge is 0.385 e. The third kappa shape index (κ3) is 5.83. The number of nitrogens with zero attached hydrogens (tertiary/aromatic N) is 2. The van der Waals surface area contributed by atoms with Crippen LogP contribution >= 0.6 is 0 Å². The molecule has 2 aliphatic heterocycles. The van der Waals surface area contributed by atoms with Crippen LogP contribution in [0.5, 0.6) is 11.5 Å². The minimum atomic E-state index is -3.99. The first-order chi connectivity index (χ1) is 18.3. The molecule has 2 atom stereocenters. The quantitative estimate of drug-likeness (QED) is 0.477. The van der Waals surface area contributed by atoms with Crippen molar-refractivity contribution in [3.8, 4) is 11.5 Å². The number of benzene rings is 2. The highest BCUT2D eigenvalue weighted by Gasteiger charge is 2.39. The van der Waals surface area contributed by atoms with E-state index in [4.69, 9.17) is 18.4 Å². The molecule has 38 heavy (non-hydrogen) atoms. The Kier molecular flexibility index (Phi) is 7.95. The van der Waals surface area contributed by atoms with Gasteiger partial charge < -0.3 is 23.3 Å². The molecule has 1 aliphatic carbocycles. The van der Waals surface area contributed by atoms with E-state index in [-0.39, 0.29) is 23.8 Å². The lowest BCUT2D eigenvalue weighted by atomic mass is 9.97. The fraction of sp³-hybridized carbons (Fsp3) is 0.536. The Balaban J connectivity index is 1.27. The first-order valence-electron chi connectivity index (χ1n) is 13.2. The number of aryl methyl sites for hydroxylation is 1. The molecule has 3 aliphatic rings. The van der Waals surface area contributed by atoms with Gasteiger partial charge >= 0.3 is 10.3 Å². The number of methoxy groups -OCH3 is 1. The molecule has 0 N–H and O–H groups in total. The minimum Gasteiger partial charge on any atom is -0.486 e. The summed E-state index contributed by atoms with van der Waals surface area (Å²) in [6.45, 7) is 3.82. The topological polar surface area (TPSA) is 94.6 Å². The van der Waals surface area contributed by atoms with Crippen LogP contribution in [0.4, 0.5) is 0 Å². The van der Waals surface area contributed by atoms with E-state index < -0.39 is 16.4 Å². The van der Waals surface area contributed by atoms with Gasteiger partial charge in [0.2, 0.25) is 0 Å². The van der Waals surface area contributed by atoms with Crippen LogP contribution in [0.1, 0.15) is 53.1 Å². The number of carbonyl (C=O) groups is 1. The molecule has 2 aromatic carbocycles. The van der Waals surface area contributed by atoms with E-state index in [0.29, 0.717) is 50.8 Å². The summed E-state index contributed by atoms with van der Waals surface area (Å²) >= 11 is 0. The molecule has 5 rings (SSSR count). The lowest BCUT2D eigenvalue weighted by Gasteiger charge is -2.29. The minimum absolute atomic E-state index is 0.00234. The highest BCUT2D eigenvalue weighted by Crippen LogP contribution is 2.42. The van der Waals surface area contributed by atoms with Crippen molar-refractivity contribution in [2.24, 2.45) is 0 Å². The van der Waals surface area contributed by atoms with Gasteiger partial charge in [0.1, 0.15) is 23.7 Å². The molecule has 1 amide bonds. The molecule has 0 bridgehead atoms. The predicted octanol–water partition coefficient (Wildman–Crippen LogP) is 3.53. The second-order valence-corrected chi connectivity index (χ2v) is 11.9. The molecule has 2 saturated heterocycles. The van der Waals surface area contributed by atoms with E-state index in [1.165, 1.54) is 11.4 Å². The van der Waals surface area contributed by atoms with Crippen molar-refractivity contribution in [1.29, 1.82) is 0 Å². The number of amides is 1. The van der Waals surface area contributed by atoms with Crippen molar-refractivity contribution in [3.05, 3.63) is 59.2 Å². The van der Waals surface area contributed by atoms with Gasteiger partial charge in [-0.1, -0.05) is 24.3 Å². The molecule has 206 valence electrons. The number of likely N-dealkylation sites (tertiary alicyclic amines) is 1. The summed E-state index contributed by atoms with van der Waals surface area (Å²) in [5, 5.41) is 0. The zero-order valence-corrected chi connectivity index (χ0v) is 23.0. The molecule has 0 aromatic heterocycles. The monoisotopic (exact) mass is 544 g/mol. The van der Waals surface area contributed by atoms with Gasteiger partial charge in [0.05, 0.1) is 13.1 Å². The fourth-order valence-corrected chi connectivity index (χ4v) is 6.35. The second-order valence-electron chi connectivity index (χ2n) is 10.3. The number of ether oxygens (including phenoxy) is 3. The average Bonchev–Trinajstić information content (AvgIpc) is 3.68. The largest absolute Gasteiger partial charge is 0.486 e. The van der Waals surface area contributed by atoms with Crippen molar-refractivity contribution in [2.75, 3.05) is 40.5 Å². The SMILES string of the molecule is COC1CN(C(=O)c2c(C)cccc2C2CC2)CC1Oc1cccc(OS(=O)(=O)N(C)C2CCOCC2)c1. The maximum Gasteiger partial charge on any atom is 0.385 e. The molecule has 1 saturated carbocycles. The Hall–Kier alpha value is -2.66. The second kappa shape index (κ2) is 11.2. The van der Waals surface area contributed by atoms with Gasteiger partial charge in [-0.15, -0.1) is 0 Å². The Morgan fingerprint density at radius 1 is 1.00 bits per heavy atom. The average molecular weight is 545 g/mol. The molecule has 0 radical (unpaired) electrons. The van der Waals surface area contributed by atoms with Crippen LogP contribution in [0.25, 0.3) is 0 Å². The summed E-state index contributed by atoms with van der Waals surface area (Å²) in [7, 11) is -0.851. The van der Waals surface area contributed by atoms with Gasteiger partial charge in [-0.25, -0.2) is 0 Å². The molecule has 9 nitrogen and oxygen atoms in total. The Morgan fingerprint density at radius 3 is 2.39 bits per heavy atom. The van der Waals surface area contributed by atoms with Gasteiger partial charge in [-0.05, 0) is 61.8 Å². The van der Waals surface area contributed by atoms with Crippen molar-refractivity contribution < 1.29 is 31.6 Å². The standard InChI is InChI=1S/C28H36N2O7S/c1-19-6-4-9-24(20-10-11-20)27(19)28(31)30-17-25(34-3)26(18-30)36-22-7-5-8-23(16-22)37-38(32,33)29(2)21-12-14-35-15-13-21/h4-9,16,20-21,25-26H,10-15,17-18H2,1-3H3. The molecule has 0 spiro atoms. The van der Waals surface area contributed by atoms with Gasteiger partial charge in [-0.3, -0.25) is 4.79 Å². The maximum absolute atomic E-state index is 13.6. The molecule has 10 heteroatoms. The molecular formula is C28H36N2O7S. The summed E-state index contributed by atoms with van der Waals surface area (Å²) in [4.78, 5) is 15.4. The maximum atomic E-state index is 13.6. The molecule has 3 fully saturated rings. The van der Waals surface area contributed by atoms with Crippen LogP contribution in [0.3, 0.4) is 0 Å². The summed E-state index contributed by atoms with van der Waals surface area (Å²) < 4.78 is 49.7. The normalized spacial score (nSPS) is 22.6. The Morgan fingerprint density at radius 2 is 1.68 bits per heavy atom. The number of hydrogen-bond acceptors (Lipinski definition) is 7. The zero-order valence-electron chi connectivity index (χ0n) is 22.2. The lowest BCUT2D eigenvalue weighted by molar-refractivity contribution is 0.0339. The molecule has 2 aromatic rings. The van der Waals surface area contributed by atoms with Crippen LogP contribution in [-0.4, -0.2) is 82.2 Å². The van der Waals surface area contributed by atoms with E-state index in [1.807, 2.05) is 19.1 Å². The van der Waals surface area contributed by atoms with Crippen molar-refractivity contribution in [3.63, 3.8) is 0 Å². The van der Waals surface area contributed by atoms with Crippen molar-refractivity contribution in [1.82, 2.24) is 9.21 Å². The van der Waals surface area contributed by atoms with Gasteiger partial charge in [0, 0.05) is 45.0 Å². The number of hydrogen-bond donors (Lipinski definition) is 0. The van der Waals surface area contributed by atoms with Crippen molar-refractivity contribution in [2.45, 2.75) is 56.8 Å². The van der Waals surface area contributed by atoms with Gasteiger partial charge in [0.15, 0.2) is 0 Å². The van der Waals surface area contributed by atoms with E-state index in [1.54, 1.807) is 36.3 Å². The first kappa shape index (κ1) is 26.9. The van der Waals surface area contributed by atoms with Crippen LogP contribution < -0.4 is 8.92 Å². The summed E-state index contributed by atoms with van der Waals surface area (Å²) in [6.07, 6.45) is 2.77. The molecule has 2 heterocycles. The fourth-order valence-electron chi connectivity index (χ4n) is 5.31. The zero-order chi connectivity index (χ0) is 26.9. The highest BCUT2D eigenvalue weighted by molar-refractivity contribution is 7.84. The predicted molar refractivity (Wildman–Crippen MR) is 142 cm³/mol. The van der Waals surface area contributed by atoms with Crippen LogP contribution in [0.2, 0.25) is 0 Å². The van der Waals surface area contributed by atoms with E-state index in [2.05, 4.69) is 6.07 Å². The molecular weight excluding hydrogens is 508 g/mol. The van der Waals surface area contributed by atoms with E-state index in [9.17, 15) is 13.2 Å². The third-order valence-electron chi connectivity index (χ3n) is 7.69. The highest BCUT2D eigenvalue weighted by atomic mass is 32.2. The van der Waals surface area contributed by atoms with E-state index >= 15 is 0 Å². The third-order valence-corrected chi connectivity index (χ3v) is 9.10. The summed E-state index contributed by atoms with van der Waals surface area (Å²) in [5.74, 6) is 1.07. The number of rotatable bonds is 9. The Bertz CT molecular complexity index is 1260. The Labute approximate surface area is 224 Å². The first-order valence-corrected chi connectivity index (χ1v) is 14.6.